The van der Waals surface area contributed by atoms with E-state index in [1.807, 2.05) is 0 Å². The molecule has 2 saturated heterocycles. The van der Waals surface area contributed by atoms with Gasteiger partial charge in [0.25, 0.3) is 0 Å². The van der Waals surface area contributed by atoms with Gasteiger partial charge in [-0.15, -0.1) is 0 Å². The minimum Gasteiger partial charge on any atom is -0.379 e. The number of nitrogens with one attached hydrogen (secondary N) is 2. The summed E-state index contributed by atoms with van der Waals surface area (Å²) < 4.78 is 17.1. The van der Waals surface area contributed by atoms with Gasteiger partial charge >= 0.3 is 0 Å². The summed E-state index contributed by atoms with van der Waals surface area (Å²) in [6.45, 7) is 14.0. The molecule has 2 aliphatic heterocycles. The number of morpholine rings is 1. The number of rotatable bonds is 11. The van der Waals surface area contributed by atoms with Gasteiger partial charge in [0.1, 0.15) is 0 Å². The molecule has 2 heterocycles. The Kier molecular flexibility index (Phi) is 10.8. The van der Waals surface area contributed by atoms with Gasteiger partial charge in [-0.3, -0.25) is 4.90 Å². The summed E-state index contributed by atoms with van der Waals surface area (Å²) >= 11 is 0. The summed E-state index contributed by atoms with van der Waals surface area (Å²) in [5, 5.41) is 6.72. The number of aliphatic imine (C=N–C) groups is 1. The van der Waals surface area contributed by atoms with Crippen molar-refractivity contribution in [3.8, 4) is 0 Å². The van der Waals surface area contributed by atoms with Gasteiger partial charge in [-0.05, 0) is 51.2 Å². The second-order valence-corrected chi connectivity index (χ2v) is 8.95. The number of ether oxygens (including phenoxy) is 3. The van der Waals surface area contributed by atoms with Crippen LogP contribution in [0.1, 0.15) is 51.2 Å². The van der Waals surface area contributed by atoms with Crippen molar-refractivity contribution in [3.05, 3.63) is 35.4 Å². The number of hydrogen-bond acceptors (Lipinski definition) is 5. The third kappa shape index (κ3) is 9.06. The highest BCUT2D eigenvalue weighted by molar-refractivity contribution is 5.79. The zero-order chi connectivity index (χ0) is 22.6. The van der Waals surface area contributed by atoms with Crippen LogP contribution in [0.2, 0.25) is 0 Å². The van der Waals surface area contributed by atoms with Crippen molar-refractivity contribution in [2.75, 3.05) is 46.0 Å². The molecular weight excluding hydrogens is 404 g/mol. The van der Waals surface area contributed by atoms with Crippen LogP contribution >= 0.6 is 0 Å². The molecule has 2 fully saturated rings. The summed E-state index contributed by atoms with van der Waals surface area (Å²) in [5.41, 5.74) is 2.56. The Labute approximate surface area is 193 Å². The van der Waals surface area contributed by atoms with Crippen LogP contribution in [-0.2, 0) is 27.3 Å². The van der Waals surface area contributed by atoms with Crippen molar-refractivity contribution in [2.45, 2.75) is 71.4 Å². The number of guanidine groups is 1. The third-order valence-corrected chi connectivity index (χ3v) is 5.77. The fourth-order valence-electron chi connectivity index (χ4n) is 4.31. The topological polar surface area (TPSA) is 67.4 Å². The molecular formula is C25H42N4O3. The number of nitrogens with zero attached hydrogens (tertiary/aromatic N) is 2. The SMILES string of the molecule is CCNC(=NCc1ccc(CN2CC(C)OC(C)C2)cc1)NCCCOCC1CCCO1. The van der Waals surface area contributed by atoms with E-state index in [0.717, 1.165) is 71.2 Å². The Bertz CT molecular complexity index is 666. The molecule has 32 heavy (non-hydrogen) atoms. The normalized spacial score (nSPS) is 24.6. The lowest BCUT2D eigenvalue weighted by Crippen LogP contribution is -2.44. The van der Waals surface area contributed by atoms with Crippen molar-refractivity contribution >= 4 is 5.96 Å². The molecule has 0 radical (unpaired) electrons. The summed E-state index contributed by atoms with van der Waals surface area (Å²) in [5.74, 6) is 0.854. The highest BCUT2D eigenvalue weighted by Crippen LogP contribution is 2.15. The zero-order valence-electron chi connectivity index (χ0n) is 20.1. The highest BCUT2D eigenvalue weighted by Gasteiger charge is 2.22. The van der Waals surface area contributed by atoms with Crippen LogP contribution in [0.25, 0.3) is 0 Å². The first-order valence-corrected chi connectivity index (χ1v) is 12.3. The summed E-state index contributed by atoms with van der Waals surface area (Å²) in [4.78, 5) is 7.21. The zero-order valence-corrected chi connectivity index (χ0v) is 20.1. The monoisotopic (exact) mass is 446 g/mol. The second-order valence-electron chi connectivity index (χ2n) is 8.95. The first-order valence-electron chi connectivity index (χ1n) is 12.3. The van der Waals surface area contributed by atoms with E-state index in [1.54, 1.807) is 0 Å². The summed E-state index contributed by atoms with van der Waals surface area (Å²) in [6.07, 6.45) is 4.14. The lowest BCUT2D eigenvalue weighted by molar-refractivity contribution is -0.0704. The summed E-state index contributed by atoms with van der Waals surface area (Å²) in [7, 11) is 0. The van der Waals surface area contributed by atoms with E-state index in [0.29, 0.717) is 31.5 Å². The molecule has 1 aromatic rings. The molecule has 3 atom stereocenters. The van der Waals surface area contributed by atoms with E-state index in [4.69, 9.17) is 19.2 Å². The van der Waals surface area contributed by atoms with Crippen LogP contribution in [0.15, 0.2) is 29.3 Å². The molecule has 0 aliphatic carbocycles. The van der Waals surface area contributed by atoms with E-state index in [1.165, 1.54) is 11.1 Å². The number of benzene rings is 1. The Morgan fingerprint density at radius 2 is 1.88 bits per heavy atom. The van der Waals surface area contributed by atoms with E-state index in [9.17, 15) is 0 Å². The average Bonchev–Trinajstić information content (AvgIpc) is 3.28. The molecule has 3 rings (SSSR count). The van der Waals surface area contributed by atoms with Crippen molar-refractivity contribution < 1.29 is 14.2 Å². The van der Waals surface area contributed by atoms with E-state index >= 15 is 0 Å². The van der Waals surface area contributed by atoms with E-state index in [2.05, 4.69) is 60.6 Å². The van der Waals surface area contributed by atoms with Gasteiger partial charge in [0.15, 0.2) is 5.96 Å². The van der Waals surface area contributed by atoms with Gasteiger partial charge in [-0.1, -0.05) is 24.3 Å². The molecule has 0 saturated carbocycles. The van der Waals surface area contributed by atoms with Crippen molar-refractivity contribution in [3.63, 3.8) is 0 Å². The van der Waals surface area contributed by atoms with Gasteiger partial charge in [0, 0.05) is 45.9 Å². The first-order chi connectivity index (χ1) is 15.6. The third-order valence-electron chi connectivity index (χ3n) is 5.77. The number of hydrogen-bond donors (Lipinski definition) is 2. The molecule has 7 nitrogen and oxygen atoms in total. The molecule has 2 aliphatic rings. The van der Waals surface area contributed by atoms with Gasteiger partial charge in [0.05, 0.1) is 31.5 Å². The van der Waals surface area contributed by atoms with Crippen LogP contribution < -0.4 is 10.6 Å². The molecule has 0 spiro atoms. The molecule has 0 bridgehead atoms. The molecule has 1 aromatic carbocycles. The maximum Gasteiger partial charge on any atom is 0.191 e. The smallest absolute Gasteiger partial charge is 0.191 e. The van der Waals surface area contributed by atoms with Crippen LogP contribution in [0.3, 0.4) is 0 Å². The Balaban J connectivity index is 1.36. The minimum absolute atomic E-state index is 0.300. The van der Waals surface area contributed by atoms with Gasteiger partial charge in [-0.2, -0.15) is 0 Å². The first kappa shape index (κ1) is 25.0. The van der Waals surface area contributed by atoms with Crippen LogP contribution in [0.4, 0.5) is 0 Å². The standard InChI is InChI=1S/C25H42N4O3/c1-4-26-25(27-12-6-13-30-19-24-7-5-14-31-24)28-15-22-8-10-23(11-9-22)18-29-16-20(2)32-21(3)17-29/h8-11,20-21,24H,4-7,12-19H2,1-3H3,(H2,26,27,28). The van der Waals surface area contributed by atoms with Crippen LogP contribution in [-0.4, -0.2) is 75.2 Å². The Hall–Kier alpha value is -1.67. The quantitative estimate of drug-likeness (QED) is 0.310. The van der Waals surface area contributed by atoms with Crippen LogP contribution in [0, 0.1) is 0 Å². The lowest BCUT2D eigenvalue weighted by atomic mass is 10.1. The van der Waals surface area contributed by atoms with Gasteiger partial charge in [-0.25, -0.2) is 4.99 Å². The van der Waals surface area contributed by atoms with E-state index in [-0.39, 0.29) is 0 Å². The molecule has 0 amide bonds. The maximum absolute atomic E-state index is 5.84. The van der Waals surface area contributed by atoms with Crippen molar-refractivity contribution in [1.29, 1.82) is 0 Å². The fourth-order valence-corrected chi connectivity index (χ4v) is 4.31. The molecule has 2 N–H and O–H groups in total. The maximum atomic E-state index is 5.84. The average molecular weight is 447 g/mol. The van der Waals surface area contributed by atoms with Gasteiger partial charge < -0.3 is 24.8 Å². The van der Waals surface area contributed by atoms with Crippen LogP contribution in [0.5, 0.6) is 0 Å². The molecule has 3 unspecified atom stereocenters. The lowest BCUT2D eigenvalue weighted by Gasteiger charge is -2.35. The largest absolute Gasteiger partial charge is 0.379 e. The fraction of sp³-hybridized carbons (Fsp3) is 0.720. The van der Waals surface area contributed by atoms with E-state index < -0.39 is 0 Å². The highest BCUT2D eigenvalue weighted by atomic mass is 16.5. The molecule has 0 aromatic heterocycles. The predicted molar refractivity (Wildman–Crippen MR) is 129 cm³/mol. The Morgan fingerprint density at radius 1 is 1.12 bits per heavy atom. The van der Waals surface area contributed by atoms with Crippen molar-refractivity contribution in [2.24, 2.45) is 4.99 Å². The molecule has 180 valence electrons. The molecule has 7 heteroatoms. The Morgan fingerprint density at radius 3 is 2.56 bits per heavy atom. The predicted octanol–water partition coefficient (Wildman–Crippen LogP) is 2.94. The van der Waals surface area contributed by atoms with Crippen molar-refractivity contribution in [1.82, 2.24) is 15.5 Å². The second kappa shape index (κ2) is 13.8. The minimum atomic E-state index is 0.300. The van der Waals surface area contributed by atoms with Gasteiger partial charge in [0.2, 0.25) is 0 Å². The summed E-state index contributed by atoms with van der Waals surface area (Å²) in [6, 6.07) is 8.83.